The number of ether oxygens (including phenoxy) is 1. The lowest BCUT2D eigenvalue weighted by molar-refractivity contribution is -0.137. The van der Waals surface area contributed by atoms with Crippen LogP contribution in [0.2, 0.25) is 0 Å². The van der Waals surface area contributed by atoms with Gasteiger partial charge in [0.1, 0.15) is 12.3 Å². The van der Waals surface area contributed by atoms with E-state index in [0.29, 0.717) is 23.3 Å². The number of amides is 1. The van der Waals surface area contributed by atoms with Crippen LogP contribution < -0.4 is 10.1 Å². The maximum absolute atomic E-state index is 12.4. The van der Waals surface area contributed by atoms with E-state index in [0.717, 1.165) is 28.6 Å². The maximum atomic E-state index is 12.4. The molecule has 0 aliphatic rings. The molecule has 0 radical (unpaired) electrons. The summed E-state index contributed by atoms with van der Waals surface area (Å²) in [6, 6.07) is 15.0. The molecule has 1 N–H and O–H groups in total. The van der Waals surface area contributed by atoms with Gasteiger partial charge in [-0.15, -0.1) is 10.2 Å². The lowest BCUT2D eigenvalue weighted by Crippen LogP contribution is -2.38. The highest BCUT2D eigenvalue weighted by Crippen LogP contribution is 2.31. The summed E-state index contributed by atoms with van der Waals surface area (Å²) in [5.41, 5.74) is 2.60. The molecule has 1 aromatic heterocycles. The summed E-state index contributed by atoms with van der Waals surface area (Å²) in [7, 11) is 0. The molecule has 32 heavy (non-hydrogen) atoms. The number of halogens is 3. The van der Waals surface area contributed by atoms with E-state index < -0.39 is 23.9 Å². The van der Waals surface area contributed by atoms with E-state index in [1.54, 1.807) is 4.57 Å². The third-order valence-corrected chi connectivity index (χ3v) is 5.47. The molecule has 0 bridgehead atoms. The van der Waals surface area contributed by atoms with Crippen molar-refractivity contribution in [1.82, 2.24) is 20.1 Å². The molecule has 0 aliphatic carbocycles. The molecule has 170 valence electrons. The Morgan fingerprint density at radius 1 is 1.19 bits per heavy atom. The first kappa shape index (κ1) is 23.6. The quantitative estimate of drug-likeness (QED) is 0.485. The van der Waals surface area contributed by atoms with Crippen LogP contribution >= 0.6 is 11.8 Å². The van der Waals surface area contributed by atoms with Gasteiger partial charge in [0.25, 0.3) is 0 Å². The van der Waals surface area contributed by atoms with E-state index in [9.17, 15) is 18.0 Å². The van der Waals surface area contributed by atoms with Crippen LogP contribution in [0.5, 0.6) is 5.75 Å². The van der Waals surface area contributed by atoms with Gasteiger partial charge in [-0.05, 0) is 51.1 Å². The summed E-state index contributed by atoms with van der Waals surface area (Å²) in [5.74, 6) is 0.532. The van der Waals surface area contributed by atoms with Crippen molar-refractivity contribution in [3.63, 3.8) is 0 Å². The van der Waals surface area contributed by atoms with Gasteiger partial charge in [-0.25, -0.2) is 0 Å². The molecule has 0 spiro atoms. The van der Waals surface area contributed by atoms with Gasteiger partial charge in [-0.3, -0.25) is 9.36 Å². The zero-order valence-electron chi connectivity index (χ0n) is 17.8. The fraction of sp³-hybridized carbons (Fsp3) is 0.318. The average molecular weight is 465 g/mol. The number of aryl methyl sites for hydroxylation is 1. The Bertz CT molecular complexity index is 1070. The number of hydrogen-bond acceptors (Lipinski definition) is 5. The van der Waals surface area contributed by atoms with Crippen molar-refractivity contribution >= 4 is 17.7 Å². The highest BCUT2D eigenvalue weighted by atomic mass is 32.2. The molecule has 0 saturated carbocycles. The molecule has 0 aliphatic heterocycles. The Morgan fingerprint density at radius 2 is 1.91 bits per heavy atom. The smallest absolute Gasteiger partial charge is 0.405 e. The van der Waals surface area contributed by atoms with Gasteiger partial charge in [-0.2, -0.15) is 13.2 Å². The standard InChI is InChI=1S/C22H23F3N4O2S/c1-4-31-18-10-8-17(9-11-18)29-19(16-7-5-6-14(2)12-16)27-28-21(29)32-15(3)20(30)26-13-22(23,24)25/h5-12,15H,4,13H2,1-3H3,(H,26,30). The van der Waals surface area contributed by atoms with Crippen LogP contribution in [0.15, 0.2) is 53.7 Å². The number of alkyl halides is 3. The fourth-order valence-electron chi connectivity index (χ4n) is 2.95. The summed E-state index contributed by atoms with van der Waals surface area (Å²) in [5, 5.41) is 10.0. The lowest BCUT2D eigenvalue weighted by atomic mass is 10.1. The molecule has 6 nitrogen and oxygen atoms in total. The number of thioether (sulfide) groups is 1. The van der Waals surface area contributed by atoms with Gasteiger partial charge in [0, 0.05) is 11.3 Å². The number of carbonyl (C=O) groups excluding carboxylic acids is 1. The first-order valence-corrected chi connectivity index (χ1v) is 10.8. The summed E-state index contributed by atoms with van der Waals surface area (Å²) in [6.45, 7) is 4.54. The molecule has 3 rings (SSSR count). The minimum Gasteiger partial charge on any atom is -0.494 e. The van der Waals surface area contributed by atoms with Crippen LogP contribution in [0.4, 0.5) is 13.2 Å². The fourth-order valence-corrected chi connectivity index (χ4v) is 3.84. The van der Waals surface area contributed by atoms with Crippen molar-refractivity contribution in [3.8, 4) is 22.8 Å². The Hall–Kier alpha value is -3.01. The Kier molecular flexibility index (Phi) is 7.44. The second-order valence-electron chi connectivity index (χ2n) is 7.03. The van der Waals surface area contributed by atoms with E-state index in [-0.39, 0.29) is 0 Å². The normalized spacial score (nSPS) is 12.4. The van der Waals surface area contributed by atoms with E-state index >= 15 is 0 Å². The van der Waals surface area contributed by atoms with Gasteiger partial charge in [-0.1, -0.05) is 35.5 Å². The third kappa shape index (κ3) is 6.03. The van der Waals surface area contributed by atoms with Gasteiger partial charge in [0.2, 0.25) is 5.91 Å². The van der Waals surface area contributed by atoms with Gasteiger partial charge >= 0.3 is 6.18 Å². The largest absolute Gasteiger partial charge is 0.494 e. The molecule has 10 heteroatoms. The number of hydrogen-bond donors (Lipinski definition) is 1. The number of carbonyl (C=O) groups is 1. The lowest BCUT2D eigenvalue weighted by Gasteiger charge is -2.15. The Morgan fingerprint density at radius 3 is 2.53 bits per heavy atom. The SMILES string of the molecule is CCOc1ccc(-n2c(SC(C)C(=O)NCC(F)(F)F)nnc2-c2cccc(C)c2)cc1. The van der Waals surface area contributed by atoms with Crippen molar-refractivity contribution in [2.75, 3.05) is 13.2 Å². The number of nitrogens with one attached hydrogen (secondary N) is 1. The molecular formula is C22H23F3N4O2S. The van der Waals surface area contributed by atoms with Crippen LogP contribution in [0.3, 0.4) is 0 Å². The summed E-state index contributed by atoms with van der Waals surface area (Å²) in [6.07, 6.45) is -4.47. The van der Waals surface area contributed by atoms with Crippen LogP contribution in [0.1, 0.15) is 19.4 Å². The van der Waals surface area contributed by atoms with Crippen molar-refractivity contribution in [1.29, 1.82) is 0 Å². The highest BCUT2D eigenvalue weighted by molar-refractivity contribution is 8.00. The van der Waals surface area contributed by atoms with Crippen molar-refractivity contribution in [2.45, 2.75) is 37.4 Å². The molecule has 3 aromatic rings. The Balaban J connectivity index is 1.95. The van der Waals surface area contributed by atoms with E-state index in [4.69, 9.17) is 4.74 Å². The number of benzene rings is 2. The highest BCUT2D eigenvalue weighted by Gasteiger charge is 2.29. The van der Waals surface area contributed by atoms with Crippen LogP contribution in [-0.2, 0) is 4.79 Å². The second-order valence-corrected chi connectivity index (χ2v) is 8.34. The number of rotatable bonds is 8. The van der Waals surface area contributed by atoms with Crippen LogP contribution in [0, 0.1) is 6.92 Å². The zero-order valence-corrected chi connectivity index (χ0v) is 18.6. The molecule has 1 amide bonds. The topological polar surface area (TPSA) is 69.0 Å². The molecule has 1 heterocycles. The van der Waals surface area contributed by atoms with Crippen molar-refractivity contribution in [3.05, 3.63) is 54.1 Å². The first-order chi connectivity index (χ1) is 15.2. The molecule has 0 fully saturated rings. The predicted octanol–water partition coefficient (Wildman–Crippen LogP) is 4.80. The van der Waals surface area contributed by atoms with Gasteiger partial charge in [0.15, 0.2) is 11.0 Å². The molecule has 2 aromatic carbocycles. The molecule has 1 atom stereocenters. The Labute approximate surface area is 188 Å². The number of aromatic nitrogens is 3. The molecule has 1 unspecified atom stereocenters. The summed E-state index contributed by atoms with van der Waals surface area (Å²) < 4.78 is 44.6. The van der Waals surface area contributed by atoms with Crippen molar-refractivity contribution < 1.29 is 22.7 Å². The van der Waals surface area contributed by atoms with Crippen molar-refractivity contribution in [2.24, 2.45) is 0 Å². The van der Waals surface area contributed by atoms with Crippen LogP contribution in [0.25, 0.3) is 17.1 Å². The first-order valence-electron chi connectivity index (χ1n) is 9.94. The summed E-state index contributed by atoms with van der Waals surface area (Å²) >= 11 is 1.04. The van der Waals surface area contributed by atoms with E-state index in [1.807, 2.05) is 67.7 Å². The third-order valence-electron chi connectivity index (χ3n) is 4.43. The second kappa shape index (κ2) is 10.1. The minimum atomic E-state index is -4.47. The maximum Gasteiger partial charge on any atom is 0.405 e. The summed E-state index contributed by atoms with van der Waals surface area (Å²) in [4.78, 5) is 12.2. The zero-order chi connectivity index (χ0) is 23.3. The molecular weight excluding hydrogens is 441 g/mol. The van der Waals surface area contributed by atoms with Gasteiger partial charge in [0.05, 0.1) is 11.9 Å². The monoisotopic (exact) mass is 464 g/mol. The average Bonchev–Trinajstić information content (AvgIpc) is 3.15. The molecule has 0 saturated heterocycles. The van der Waals surface area contributed by atoms with E-state index in [2.05, 4.69) is 10.2 Å². The minimum absolute atomic E-state index is 0.389. The van der Waals surface area contributed by atoms with E-state index in [1.165, 1.54) is 6.92 Å². The predicted molar refractivity (Wildman–Crippen MR) is 117 cm³/mol. The van der Waals surface area contributed by atoms with Crippen LogP contribution in [-0.4, -0.2) is 45.2 Å². The van der Waals surface area contributed by atoms with Gasteiger partial charge < -0.3 is 10.1 Å². The number of nitrogens with zero attached hydrogens (tertiary/aromatic N) is 3.